The van der Waals surface area contributed by atoms with Gasteiger partial charge in [0, 0.05) is 17.9 Å². The summed E-state index contributed by atoms with van der Waals surface area (Å²) in [4.78, 5) is 43.5. The van der Waals surface area contributed by atoms with Crippen LogP contribution in [0.15, 0.2) is 34.4 Å². The number of aryl methyl sites for hydroxylation is 2. The standard InChI is InChI=1S/C30H36N4O6S2/c1-16-15-42-30(31-16)34-29(37)23(11-12-41-6)33-22-10-8-19-20(14-24(22)36)21(32-17(2)35)9-7-18-13-25(38-3)27(39-4)28(40-5)26(18)19/h8,10,13-15,21,23H,7,9,11-12H2,1-6H3,(H,32,35)(H,33,36)(H,31,34,37)/t21-,23+/m0/s1. The summed E-state index contributed by atoms with van der Waals surface area (Å²) in [6, 6.07) is 5.86. The van der Waals surface area contributed by atoms with Crippen LogP contribution in [0.2, 0.25) is 0 Å². The summed E-state index contributed by atoms with van der Waals surface area (Å²) in [7, 11) is 4.66. The Labute approximate surface area is 253 Å². The molecule has 0 spiro atoms. The van der Waals surface area contributed by atoms with Crippen LogP contribution in [0.3, 0.4) is 0 Å². The molecule has 42 heavy (non-hydrogen) atoms. The molecule has 1 heterocycles. The van der Waals surface area contributed by atoms with E-state index in [0.29, 0.717) is 58.5 Å². The maximum Gasteiger partial charge on any atom is 0.248 e. The number of ether oxygens (including phenoxy) is 3. The molecule has 0 saturated carbocycles. The number of nitrogens with zero attached hydrogens (tertiary/aromatic N) is 1. The molecule has 0 bridgehead atoms. The number of nitrogens with one attached hydrogen (secondary N) is 3. The van der Waals surface area contributed by atoms with E-state index in [-0.39, 0.29) is 22.9 Å². The predicted octanol–water partition coefficient (Wildman–Crippen LogP) is 4.80. The van der Waals surface area contributed by atoms with E-state index in [1.165, 1.54) is 24.3 Å². The summed E-state index contributed by atoms with van der Waals surface area (Å²) in [5, 5.41) is 11.4. The van der Waals surface area contributed by atoms with Crippen molar-refractivity contribution in [1.29, 1.82) is 0 Å². The molecule has 0 radical (unpaired) electrons. The summed E-state index contributed by atoms with van der Waals surface area (Å²) in [5.41, 5.74) is 3.84. The molecule has 0 saturated heterocycles. The number of benzene rings is 1. The van der Waals surface area contributed by atoms with Gasteiger partial charge in [0.15, 0.2) is 16.6 Å². The van der Waals surface area contributed by atoms with E-state index >= 15 is 0 Å². The summed E-state index contributed by atoms with van der Waals surface area (Å²) in [6.45, 7) is 3.32. The van der Waals surface area contributed by atoms with Crippen molar-refractivity contribution in [2.75, 3.05) is 44.0 Å². The minimum absolute atomic E-state index is 0.206. The predicted molar refractivity (Wildman–Crippen MR) is 169 cm³/mol. The van der Waals surface area contributed by atoms with Crippen LogP contribution in [0, 0.1) is 6.92 Å². The highest BCUT2D eigenvalue weighted by molar-refractivity contribution is 7.98. The van der Waals surface area contributed by atoms with Gasteiger partial charge in [-0.05, 0) is 73.1 Å². The fraction of sp³-hybridized carbons (Fsp3) is 0.400. The van der Waals surface area contributed by atoms with Crippen molar-refractivity contribution in [2.45, 2.75) is 45.2 Å². The number of methoxy groups -OCH3 is 3. The Hall–Kier alpha value is -3.77. The normalized spacial score (nSPS) is 14.5. The van der Waals surface area contributed by atoms with Crippen molar-refractivity contribution >= 4 is 45.7 Å². The van der Waals surface area contributed by atoms with Crippen LogP contribution in [0.1, 0.15) is 42.6 Å². The molecule has 10 nitrogen and oxygen atoms in total. The molecular weight excluding hydrogens is 576 g/mol. The second-order valence-electron chi connectivity index (χ2n) is 9.86. The number of anilines is 2. The average molecular weight is 613 g/mol. The molecule has 0 fully saturated rings. The van der Waals surface area contributed by atoms with Crippen LogP contribution in [0.4, 0.5) is 10.8 Å². The van der Waals surface area contributed by atoms with Gasteiger partial charge in [-0.2, -0.15) is 11.8 Å². The smallest absolute Gasteiger partial charge is 0.248 e. The number of aromatic nitrogens is 1. The van der Waals surface area contributed by atoms with E-state index in [9.17, 15) is 14.4 Å². The molecule has 4 rings (SSSR count). The molecule has 224 valence electrons. The Morgan fingerprint density at radius 3 is 2.52 bits per heavy atom. The molecule has 2 atom stereocenters. The number of amides is 2. The minimum Gasteiger partial charge on any atom is -0.493 e. The molecule has 1 aromatic heterocycles. The molecule has 1 aliphatic carbocycles. The molecule has 0 unspecified atom stereocenters. The first kappa shape index (κ1) is 31.2. The van der Waals surface area contributed by atoms with Crippen LogP contribution in [-0.2, 0) is 16.0 Å². The van der Waals surface area contributed by atoms with Crippen molar-refractivity contribution in [3.63, 3.8) is 0 Å². The second kappa shape index (κ2) is 13.9. The van der Waals surface area contributed by atoms with Crippen LogP contribution < -0.4 is 35.6 Å². The first-order valence-electron chi connectivity index (χ1n) is 13.5. The molecular formula is C30H36N4O6S2. The Morgan fingerprint density at radius 2 is 1.90 bits per heavy atom. The van der Waals surface area contributed by atoms with E-state index in [1.807, 2.05) is 30.7 Å². The van der Waals surface area contributed by atoms with Crippen molar-refractivity contribution in [1.82, 2.24) is 10.3 Å². The average Bonchev–Trinajstić information content (AvgIpc) is 3.23. The van der Waals surface area contributed by atoms with Gasteiger partial charge in [-0.15, -0.1) is 11.3 Å². The maximum absolute atomic E-state index is 13.7. The first-order valence-corrected chi connectivity index (χ1v) is 15.7. The zero-order chi connectivity index (χ0) is 30.4. The van der Waals surface area contributed by atoms with Crippen molar-refractivity contribution in [3.8, 4) is 28.4 Å². The Kier molecular flexibility index (Phi) is 10.3. The summed E-state index contributed by atoms with van der Waals surface area (Å²) < 4.78 is 17.1. The molecule has 3 N–H and O–H groups in total. The van der Waals surface area contributed by atoms with E-state index in [1.54, 1.807) is 39.2 Å². The van der Waals surface area contributed by atoms with Crippen molar-refractivity contribution in [3.05, 3.63) is 56.7 Å². The number of thioether (sulfide) groups is 1. The highest BCUT2D eigenvalue weighted by Crippen LogP contribution is 2.50. The molecule has 0 aliphatic heterocycles. The summed E-state index contributed by atoms with van der Waals surface area (Å²) >= 11 is 2.96. The number of hydrogen-bond acceptors (Lipinski definition) is 10. The number of rotatable bonds is 11. The van der Waals surface area contributed by atoms with Crippen LogP contribution in [-0.4, -0.2) is 56.2 Å². The molecule has 12 heteroatoms. The molecule has 2 aromatic carbocycles. The SMILES string of the molecule is COc1cc2c(c(OC)c1OC)-c1ccc(N[C@H](CCSC)C(=O)Nc3nc(C)cs3)c(=O)cc1[C@@H](NC(C)=O)CC2. The van der Waals surface area contributed by atoms with Crippen molar-refractivity contribution < 1.29 is 23.8 Å². The maximum atomic E-state index is 13.7. The lowest BCUT2D eigenvalue weighted by Crippen LogP contribution is -2.36. The number of fused-ring (bicyclic) bond motifs is 3. The Bertz CT molecular complexity index is 1530. The van der Waals surface area contributed by atoms with Gasteiger partial charge in [-0.25, -0.2) is 4.98 Å². The topological polar surface area (TPSA) is 128 Å². The monoisotopic (exact) mass is 612 g/mol. The Balaban J connectivity index is 1.84. The van der Waals surface area contributed by atoms with E-state index in [2.05, 4.69) is 20.9 Å². The van der Waals surface area contributed by atoms with Gasteiger partial charge < -0.3 is 30.2 Å². The van der Waals surface area contributed by atoms with E-state index < -0.39 is 12.1 Å². The summed E-state index contributed by atoms with van der Waals surface area (Å²) in [5.74, 6) is 1.66. The van der Waals surface area contributed by atoms with E-state index in [4.69, 9.17) is 14.2 Å². The molecule has 1 aliphatic rings. The van der Waals surface area contributed by atoms with Crippen LogP contribution in [0.5, 0.6) is 17.2 Å². The Morgan fingerprint density at radius 1 is 1.14 bits per heavy atom. The lowest BCUT2D eigenvalue weighted by atomic mass is 9.95. The zero-order valence-electron chi connectivity index (χ0n) is 24.6. The van der Waals surface area contributed by atoms with Gasteiger partial charge >= 0.3 is 0 Å². The fourth-order valence-corrected chi connectivity index (χ4v) is 6.29. The lowest BCUT2D eigenvalue weighted by molar-refractivity contribution is -0.120. The third kappa shape index (κ3) is 6.81. The quantitative estimate of drug-likeness (QED) is 0.280. The van der Waals surface area contributed by atoms with E-state index in [0.717, 1.165) is 16.8 Å². The minimum atomic E-state index is -0.672. The third-order valence-electron chi connectivity index (χ3n) is 7.02. The molecule has 3 aromatic rings. The lowest BCUT2D eigenvalue weighted by Gasteiger charge is -2.19. The number of hydrogen-bond donors (Lipinski definition) is 3. The van der Waals surface area contributed by atoms with Crippen LogP contribution in [0.25, 0.3) is 11.1 Å². The van der Waals surface area contributed by atoms with Gasteiger partial charge in [0.1, 0.15) is 6.04 Å². The first-order chi connectivity index (χ1) is 20.2. The van der Waals surface area contributed by atoms with Gasteiger partial charge in [0.05, 0.1) is 38.8 Å². The summed E-state index contributed by atoms with van der Waals surface area (Å²) in [6.07, 6.45) is 3.61. The van der Waals surface area contributed by atoms with Gasteiger partial charge in [0.2, 0.25) is 23.0 Å². The second-order valence-corrected chi connectivity index (χ2v) is 11.7. The highest BCUT2D eigenvalue weighted by Gasteiger charge is 2.30. The van der Waals surface area contributed by atoms with Crippen LogP contribution >= 0.6 is 23.1 Å². The zero-order valence-corrected chi connectivity index (χ0v) is 26.2. The highest BCUT2D eigenvalue weighted by atomic mass is 32.2. The van der Waals surface area contributed by atoms with Gasteiger partial charge in [0.25, 0.3) is 0 Å². The van der Waals surface area contributed by atoms with Gasteiger partial charge in [-0.1, -0.05) is 6.07 Å². The van der Waals surface area contributed by atoms with Crippen molar-refractivity contribution in [2.24, 2.45) is 0 Å². The fourth-order valence-electron chi connectivity index (χ4n) is 5.12. The number of thiazole rings is 1. The third-order valence-corrected chi connectivity index (χ3v) is 8.54. The molecule has 2 amide bonds. The number of carbonyl (C=O) groups excluding carboxylic acids is 2. The van der Waals surface area contributed by atoms with Gasteiger partial charge in [-0.3, -0.25) is 14.4 Å². The number of carbonyl (C=O) groups is 2. The largest absolute Gasteiger partial charge is 0.493 e.